The van der Waals surface area contributed by atoms with Gasteiger partial charge in [0.2, 0.25) is 0 Å². The molecule has 2 aromatic carbocycles. The number of ether oxygens (including phenoxy) is 1. The Morgan fingerprint density at radius 2 is 1.97 bits per heavy atom. The molecule has 0 aliphatic carbocycles. The lowest BCUT2D eigenvalue weighted by molar-refractivity contribution is -0.124. The summed E-state index contributed by atoms with van der Waals surface area (Å²) in [5, 5.41) is 9.68. The lowest BCUT2D eigenvalue weighted by Gasteiger charge is -2.23. The van der Waals surface area contributed by atoms with Gasteiger partial charge in [0.25, 0.3) is 5.91 Å². The van der Waals surface area contributed by atoms with E-state index in [2.05, 4.69) is 57.0 Å². The minimum absolute atomic E-state index is 0. The summed E-state index contributed by atoms with van der Waals surface area (Å²) in [5.74, 6) is 0.697. The van der Waals surface area contributed by atoms with Crippen LogP contribution < -0.4 is 20.9 Å². The van der Waals surface area contributed by atoms with Gasteiger partial charge in [-0.1, -0.05) is 30.3 Å². The van der Waals surface area contributed by atoms with E-state index >= 15 is 0 Å². The highest BCUT2D eigenvalue weighted by Crippen LogP contribution is 2.16. The molecule has 1 unspecified atom stereocenters. The van der Waals surface area contributed by atoms with Crippen molar-refractivity contribution in [3.05, 3.63) is 60.2 Å². The van der Waals surface area contributed by atoms with Crippen LogP contribution in [0.3, 0.4) is 0 Å². The van der Waals surface area contributed by atoms with E-state index in [0.717, 1.165) is 56.1 Å². The molecule has 1 aliphatic rings. The minimum Gasteiger partial charge on any atom is -0.372 e. The second kappa shape index (κ2) is 14.7. The van der Waals surface area contributed by atoms with Crippen LogP contribution in [-0.4, -0.2) is 51.3 Å². The molecular formula is C25H36IN5O2. The lowest BCUT2D eigenvalue weighted by atomic mass is 10.2. The summed E-state index contributed by atoms with van der Waals surface area (Å²) in [6.07, 6.45) is 2.41. The summed E-state index contributed by atoms with van der Waals surface area (Å²) in [6.45, 7) is 6.26. The third-order valence-electron chi connectivity index (χ3n) is 5.50. The van der Waals surface area contributed by atoms with Crippen LogP contribution in [0.5, 0.6) is 0 Å². The first-order valence-electron chi connectivity index (χ1n) is 11.5. The molecule has 33 heavy (non-hydrogen) atoms. The molecule has 1 atom stereocenters. The van der Waals surface area contributed by atoms with Gasteiger partial charge in [0.1, 0.15) is 6.10 Å². The largest absolute Gasteiger partial charge is 0.372 e. The molecule has 180 valence electrons. The van der Waals surface area contributed by atoms with Crippen molar-refractivity contribution in [1.29, 1.82) is 0 Å². The molecule has 3 rings (SSSR count). The van der Waals surface area contributed by atoms with Crippen LogP contribution in [0.4, 0.5) is 11.4 Å². The van der Waals surface area contributed by atoms with E-state index in [0.29, 0.717) is 13.2 Å². The van der Waals surface area contributed by atoms with Gasteiger partial charge in [-0.3, -0.25) is 9.79 Å². The van der Waals surface area contributed by atoms with Crippen LogP contribution >= 0.6 is 24.0 Å². The first kappa shape index (κ1) is 26.9. The average Bonchev–Trinajstić information content (AvgIpc) is 3.37. The highest BCUT2D eigenvalue weighted by atomic mass is 127. The van der Waals surface area contributed by atoms with Crippen molar-refractivity contribution in [2.75, 3.05) is 43.5 Å². The van der Waals surface area contributed by atoms with Gasteiger partial charge in [-0.2, -0.15) is 0 Å². The number of halogens is 1. The summed E-state index contributed by atoms with van der Waals surface area (Å²) in [6, 6.07) is 18.3. The molecule has 0 spiro atoms. The summed E-state index contributed by atoms with van der Waals surface area (Å²) in [7, 11) is 1.77. The number of nitrogens with one attached hydrogen (secondary N) is 3. The fourth-order valence-electron chi connectivity index (χ4n) is 3.76. The third kappa shape index (κ3) is 8.85. The molecule has 1 amide bonds. The smallest absolute Gasteiger partial charge is 0.253 e. The summed E-state index contributed by atoms with van der Waals surface area (Å²) in [5.41, 5.74) is 3.11. The molecule has 1 fully saturated rings. The number of nitrogens with zero attached hydrogens (tertiary/aromatic N) is 2. The number of anilines is 2. The van der Waals surface area contributed by atoms with Gasteiger partial charge in [0, 0.05) is 51.2 Å². The first-order chi connectivity index (χ1) is 15.7. The summed E-state index contributed by atoms with van der Waals surface area (Å²) < 4.78 is 5.45. The molecule has 3 N–H and O–H groups in total. The Morgan fingerprint density at radius 3 is 2.67 bits per heavy atom. The Kier molecular flexibility index (Phi) is 12.0. The summed E-state index contributed by atoms with van der Waals surface area (Å²) in [4.78, 5) is 18.9. The van der Waals surface area contributed by atoms with Crippen LogP contribution in [0.2, 0.25) is 0 Å². The van der Waals surface area contributed by atoms with E-state index in [1.807, 2.05) is 30.3 Å². The number of hydrogen-bond acceptors (Lipinski definition) is 4. The zero-order valence-electron chi connectivity index (χ0n) is 19.5. The number of carbonyl (C=O) groups excluding carboxylic acids is 1. The van der Waals surface area contributed by atoms with Crippen molar-refractivity contribution in [1.82, 2.24) is 10.6 Å². The molecule has 0 saturated carbocycles. The molecule has 0 bridgehead atoms. The van der Waals surface area contributed by atoms with E-state index in [1.54, 1.807) is 7.05 Å². The molecule has 7 nitrogen and oxygen atoms in total. The number of aliphatic imine (C=N–C) groups is 1. The van der Waals surface area contributed by atoms with E-state index in [9.17, 15) is 4.79 Å². The maximum Gasteiger partial charge on any atom is 0.253 e. The Bertz CT molecular complexity index is 872. The highest BCUT2D eigenvalue weighted by Gasteiger charge is 2.23. The number of guanidine groups is 1. The molecule has 1 aliphatic heterocycles. The number of para-hydroxylation sites is 1. The van der Waals surface area contributed by atoms with Gasteiger partial charge < -0.3 is 25.6 Å². The zero-order chi connectivity index (χ0) is 22.6. The highest BCUT2D eigenvalue weighted by molar-refractivity contribution is 14.0. The number of amides is 1. The SMILES string of the molecule is CCN(CCCNC(=NC)NCc1cccc(NC(=O)C2CCCO2)c1)c1ccccc1.I. The topological polar surface area (TPSA) is 78.0 Å². The van der Waals surface area contributed by atoms with Gasteiger partial charge in [0.05, 0.1) is 0 Å². The minimum atomic E-state index is -0.328. The number of hydrogen-bond donors (Lipinski definition) is 3. The molecule has 2 aromatic rings. The van der Waals surface area contributed by atoms with E-state index in [4.69, 9.17) is 4.74 Å². The number of benzene rings is 2. The zero-order valence-corrected chi connectivity index (χ0v) is 21.9. The van der Waals surface area contributed by atoms with E-state index in [-0.39, 0.29) is 36.0 Å². The van der Waals surface area contributed by atoms with Gasteiger partial charge in [-0.15, -0.1) is 24.0 Å². The van der Waals surface area contributed by atoms with Crippen LogP contribution in [-0.2, 0) is 16.1 Å². The maximum absolute atomic E-state index is 12.3. The molecule has 1 heterocycles. The molecule has 1 saturated heterocycles. The van der Waals surface area contributed by atoms with Crippen LogP contribution in [0.15, 0.2) is 59.6 Å². The molecular weight excluding hydrogens is 529 g/mol. The van der Waals surface area contributed by atoms with Crippen molar-refractivity contribution in [3.63, 3.8) is 0 Å². The predicted octanol–water partition coefficient (Wildman–Crippen LogP) is 4.00. The van der Waals surface area contributed by atoms with Gasteiger partial charge in [0.15, 0.2) is 5.96 Å². The molecule has 8 heteroatoms. The van der Waals surface area contributed by atoms with Crippen molar-refractivity contribution < 1.29 is 9.53 Å². The Morgan fingerprint density at radius 1 is 1.15 bits per heavy atom. The molecule has 0 radical (unpaired) electrons. The third-order valence-corrected chi connectivity index (χ3v) is 5.50. The standard InChI is InChI=1S/C25H35N5O2.HI/c1-3-30(22-12-5-4-6-13-22)16-9-15-27-25(26-2)28-19-20-10-7-11-21(18-20)29-24(31)23-14-8-17-32-23;/h4-7,10-13,18,23H,3,8-9,14-17,19H2,1-2H3,(H,29,31)(H2,26,27,28);1H. The maximum atomic E-state index is 12.3. The first-order valence-corrected chi connectivity index (χ1v) is 11.5. The van der Waals surface area contributed by atoms with Crippen molar-refractivity contribution >= 4 is 47.2 Å². The Hall–Kier alpha value is -2.33. The normalized spacial score (nSPS) is 15.5. The van der Waals surface area contributed by atoms with E-state index in [1.165, 1.54) is 5.69 Å². The Labute approximate surface area is 214 Å². The van der Waals surface area contributed by atoms with Crippen molar-refractivity contribution in [2.45, 2.75) is 38.8 Å². The second-order valence-corrected chi connectivity index (χ2v) is 7.81. The van der Waals surface area contributed by atoms with Crippen molar-refractivity contribution in [2.24, 2.45) is 4.99 Å². The predicted molar refractivity (Wildman–Crippen MR) is 147 cm³/mol. The fraction of sp³-hybridized carbons (Fsp3) is 0.440. The van der Waals surface area contributed by atoms with Crippen LogP contribution in [0.1, 0.15) is 31.7 Å². The van der Waals surface area contributed by atoms with Gasteiger partial charge >= 0.3 is 0 Å². The monoisotopic (exact) mass is 565 g/mol. The average molecular weight is 566 g/mol. The number of rotatable bonds is 10. The van der Waals surface area contributed by atoms with E-state index < -0.39 is 0 Å². The van der Waals surface area contributed by atoms with Crippen molar-refractivity contribution in [3.8, 4) is 0 Å². The number of carbonyl (C=O) groups is 1. The molecule has 0 aromatic heterocycles. The van der Waals surface area contributed by atoms with Gasteiger partial charge in [-0.05, 0) is 56.0 Å². The van der Waals surface area contributed by atoms with Gasteiger partial charge in [-0.25, -0.2) is 0 Å². The van der Waals surface area contributed by atoms with Crippen LogP contribution in [0, 0.1) is 0 Å². The second-order valence-electron chi connectivity index (χ2n) is 7.81. The van der Waals surface area contributed by atoms with Crippen LogP contribution in [0.25, 0.3) is 0 Å². The lowest BCUT2D eigenvalue weighted by Crippen LogP contribution is -2.38. The Balaban J connectivity index is 0.00000385. The fourth-order valence-corrected chi connectivity index (χ4v) is 3.76. The summed E-state index contributed by atoms with van der Waals surface area (Å²) >= 11 is 0. The quantitative estimate of drug-likeness (QED) is 0.176.